The smallest absolute Gasteiger partial charge is 0.413 e. The van der Waals surface area contributed by atoms with Crippen LogP contribution in [0.15, 0.2) is 30.3 Å². The molecule has 8 nitrogen and oxygen atoms in total. The molecule has 0 saturated carbocycles. The van der Waals surface area contributed by atoms with Crippen LogP contribution in [0.25, 0.3) is 0 Å². The van der Waals surface area contributed by atoms with Crippen LogP contribution in [0, 0.1) is 0 Å². The van der Waals surface area contributed by atoms with E-state index in [2.05, 4.69) is 0 Å². The number of esters is 1. The lowest BCUT2D eigenvalue weighted by atomic mass is 9.82. The fourth-order valence-corrected chi connectivity index (χ4v) is 3.88. The van der Waals surface area contributed by atoms with Crippen molar-refractivity contribution in [2.45, 2.75) is 103 Å². The fraction of sp³-hybridized carbons (Fsp3) is 0.692. The topological polar surface area (TPSA) is 100 Å². The largest absolute Gasteiger partial charge is 0.464 e. The van der Waals surface area contributed by atoms with Gasteiger partial charge >= 0.3 is 12.1 Å². The molecule has 1 aromatic rings. The van der Waals surface area contributed by atoms with Crippen molar-refractivity contribution in [2.75, 3.05) is 13.2 Å². The van der Waals surface area contributed by atoms with E-state index in [0.29, 0.717) is 19.2 Å². The van der Waals surface area contributed by atoms with E-state index in [9.17, 15) is 9.59 Å². The lowest BCUT2D eigenvalue weighted by Crippen LogP contribution is -2.60. The molecule has 0 spiro atoms. The van der Waals surface area contributed by atoms with Crippen LogP contribution in [0.2, 0.25) is 6.32 Å². The third kappa shape index (κ3) is 7.21. The third-order valence-corrected chi connectivity index (χ3v) is 6.77. The van der Waals surface area contributed by atoms with Gasteiger partial charge in [-0.2, -0.15) is 0 Å². The molecule has 1 heterocycles. The van der Waals surface area contributed by atoms with Gasteiger partial charge in [-0.1, -0.05) is 49.5 Å². The molecule has 1 aliphatic rings. The van der Waals surface area contributed by atoms with Gasteiger partial charge in [-0.05, 0) is 60.5 Å². The van der Waals surface area contributed by atoms with Crippen molar-refractivity contribution < 1.29 is 28.5 Å². The molecule has 35 heavy (non-hydrogen) atoms. The second kappa shape index (κ2) is 11.8. The number of nitrogens with zero attached hydrogens (tertiary/aromatic N) is 1. The second-order valence-corrected chi connectivity index (χ2v) is 10.6. The average molecular weight is 489 g/mol. The zero-order valence-electron chi connectivity index (χ0n) is 22.4. The second-order valence-electron chi connectivity index (χ2n) is 10.6. The predicted octanol–water partition coefficient (Wildman–Crippen LogP) is 4.43. The van der Waals surface area contributed by atoms with Crippen molar-refractivity contribution in [1.82, 2.24) is 4.90 Å². The van der Waals surface area contributed by atoms with Gasteiger partial charge in [0.2, 0.25) is 0 Å². The summed E-state index contributed by atoms with van der Waals surface area (Å²) in [6.45, 7) is 13.4. The first-order valence-electron chi connectivity index (χ1n) is 12.4. The number of ether oxygens (including phenoxy) is 3. The maximum absolute atomic E-state index is 13.3. The van der Waals surface area contributed by atoms with Gasteiger partial charge in [0.15, 0.2) is 5.54 Å². The van der Waals surface area contributed by atoms with Crippen LogP contribution in [0.3, 0.4) is 0 Å². The molecule has 9 heteroatoms. The van der Waals surface area contributed by atoms with E-state index in [0.717, 1.165) is 12.0 Å². The molecule has 1 aromatic carbocycles. The first-order valence-corrected chi connectivity index (χ1v) is 12.4. The van der Waals surface area contributed by atoms with Crippen LogP contribution in [-0.2, 0) is 30.3 Å². The highest BCUT2D eigenvalue weighted by atomic mass is 16.6. The molecule has 2 rings (SSSR count). The van der Waals surface area contributed by atoms with E-state index < -0.39 is 34.5 Å². The number of nitrogens with two attached hydrogens (primary N) is 1. The Morgan fingerprint density at radius 1 is 1.11 bits per heavy atom. The number of hydrogen-bond acceptors (Lipinski definition) is 7. The first kappa shape index (κ1) is 29.1. The minimum atomic E-state index is -1.26. The van der Waals surface area contributed by atoms with Crippen molar-refractivity contribution in [1.29, 1.82) is 0 Å². The Bertz CT molecular complexity index is 840. The van der Waals surface area contributed by atoms with Crippen molar-refractivity contribution in [3.8, 4) is 0 Å². The van der Waals surface area contributed by atoms with Gasteiger partial charge in [-0.15, -0.1) is 0 Å². The molecule has 0 bridgehead atoms. The van der Waals surface area contributed by atoms with E-state index in [1.54, 1.807) is 28.3 Å². The molecule has 1 atom stereocenters. The Labute approximate surface area is 211 Å². The number of unbranched alkanes of at least 4 members (excludes halogenated alkanes) is 1. The van der Waals surface area contributed by atoms with E-state index in [-0.39, 0.29) is 19.8 Å². The molecule has 1 aliphatic heterocycles. The van der Waals surface area contributed by atoms with Crippen molar-refractivity contribution in [2.24, 2.45) is 5.73 Å². The summed E-state index contributed by atoms with van der Waals surface area (Å²) in [4.78, 5) is 27.9. The van der Waals surface area contributed by atoms with Crippen LogP contribution in [-0.4, -0.2) is 60.1 Å². The quantitative estimate of drug-likeness (QED) is 0.263. The standard InChI is InChI=1S/C26H42BN2O6/c1-8-32-21(30)26(16-12-13-17-27-35-24(4,5)23(2,3)28)19-34-25(6,7)29(26)22(31)33-18-20-14-10-9-11-15-20/h9-11,14-15H,8,12-13,16-19,28H2,1-7H3. The van der Waals surface area contributed by atoms with Gasteiger partial charge in [0, 0.05) is 5.54 Å². The number of amides is 1. The Hall–Kier alpha value is -2.10. The van der Waals surface area contributed by atoms with Gasteiger partial charge in [-0.25, -0.2) is 9.59 Å². The Morgan fingerprint density at radius 3 is 2.37 bits per heavy atom. The van der Waals surface area contributed by atoms with Gasteiger partial charge in [-0.3, -0.25) is 4.90 Å². The molecule has 1 saturated heterocycles. The zero-order chi connectivity index (χ0) is 26.3. The fourth-order valence-electron chi connectivity index (χ4n) is 3.88. The molecule has 1 radical (unpaired) electrons. The van der Waals surface area contributed by atoms with Gasteiger partial charge in [0.1, 0.15) is 12.3 Å². The number of hydrogen-bond donors (Lipinski definition) is 1. The lowest BCUT2D eigenvalue weighted by Gasteiger charge is -2.39. The minimum Gasteiger partial charge on any atom is -0.464 e. The Morgan fingerprint density at radius 2 is 1.77 bits per heavy atom. The van der Waals surface area contributed by atoms with Crippen molar-refractivity contribution >= 4 is 19.5 Å². The number of benzene rings is 1. The summed E-state index contributed by atoms with van der Waals surface area (Å²) in [6, 6.07) is 9.41. The van der Waals surface area contributed by atoms with Crippen LogP contribution in [0.1, 0.15) is 73.3 Å². The molecule has 1 amide bonds. The summed E-state index contributed by atoms with van der Waals surface area (Å²) in [5.74, 6) is -0.478. The maximum atomic E-state index is 13.3. The number of carbonyl (C=O) groups is 2. The van der Waals surface area contributed by atoms with Gasteiger partial charge in [0.25, 0.3) is 7.48 Å². The lowest BCUT2D eigenvalue weighted by molar-refractivity contribution is -0.157. The highest BCUT2D eigenvalue weighted by molar-refractivity contribution is 6.27. The SMILES string of the molecule is CCOC(=O)C1(CCCC[B]OC(C)(C)C(C)(C)N)COC(C)(C)N1C(=O)OCc1ccccc1. The highest BCUT2D eigenvalue weighted by Crippen LogP contribution is 2.40. The zero-order valence-corrected chi connectivity index (χ0v) is 22.4. The molecule has 2 N–H and O–H groups in total. The number of rotatable bonds is 12. The normalized spacial score (nSPS) is 19.9. The first-order chi connectivity index (χ1) is 16.3. The maximum Gasteiger partial charge on any atom is 0.413 e. The Balaban J connectivity index is 2.07. The van der Waals surface area contributed by atoms with E-state index >= 15 is 0 Å². The van der Waals surface area contributed by atoms with E-state index in [1.165, 1.54) is 4.90 Å². The van der Waals surface area contributed by atoms with E-state index in [4.69, 9.17) is 24.6 Å². The Kier molecular flexibility index (Phi) is 9.79. The average Bonchev–Trinajstić information content (AvgIpc) is 3.06. The van der Waals surface area contributed by atoms with Crippen molar-refractivity contribution in [3.63, 3.8) is 0 Å². The molecule has 0 aliphatic carbocycles. The molecule has 0 aromatic heterocycles. The number of carbonyl (C=O) groups excluding carboxylic acids is 2. The molecular weight excluding hydrogens is 447 g/mol. The third-order valence-electron chi connectivity index (χ3n) is 6.77. The summed E-state index contributed by atoms with van der Waals surface area (Å²) < 4.78 is 22.9. The summed E-state index contributed by atoms with van der Waals surface area (Å²) >= 11 is 0. The van der Waals surface area contributed by atoms with Crippen molar-refractivity contribution in [3.05, 3.63) is 35.9 Å². The minimum absolute atomic E-state index is 0.0495. The summed E-state index contributed by atoms with van der Waals surface area (Å²) in [6.07, 6.45) is 1.88. The molecule has 1 unspecified atom stereocenters. The van der Waals surface area contributed by atoms with Gasteiger partial charge in [0.05, 0.1) is 18.8 Å². The summed E-state index contributed by atoms with van der Waals surface area (Å²) in [5.41, 5.74) is 3.76. The highest BCUT2D eigenvalue weighted by Gasteiger charge is 2.60. The van der Waals surface area contributed by atoms with Crippen LogP contribution in [0.4, 0.5) is 4.79 Å². The van der Waals surface area contributed by atoms with Crippen LogP contribution < -0.4 is 5.73 Å². The monoisotopic (exact) mass is 489 g/mol. The summed E-state index contributed by atoms with van der Waals surface area (Å²) in [5, 5.41) is 0. The molecule has 1 fully saturated rings. The van der Waals surface area contributed by atoms with Crippen LogP contribution >= 0.6 is 0 Å². The predicted molar refractivity (Wildman–Crippen MR) is 136 cm³/mol. The van der Waals surface area contributed by atoms with Crippen LogP contribution in [0.5, 0.6) is 0 Å². The summed E-state index contributed by atoms with van der Waals surface area (Å²) in [7, 11) is 1.77. The molecular formula is C26H42BN2O6. The van der Waals surface area contributed by atoms with Gasteiger partial charge < -0.3 is 24.6 Å². The van der Waals surface area contributed by atoms with E-state index in [1.807, 2.05) is 58.0 Å². The molecule has 195 valence electrons.